The number of carbonyl (C=O) groups is 1. The van der Waals surface area contributed by atoms with Crippen molar-refractivity contribution in [1.29, 1.82) is 0 Å². The van der Waals surface area contributed by atoms with Crippen molar-refractivity contribution in [2.24, 2.45) is 5.10 Å². The standard InChI is InChI=1S/C17H17FN2O4S/c1-12-2-9-15(10-3-12)25(23,24)20-19-16(17(21)22)11-6-13-4-7-14(18)8-5-13/h2-5,7-10,20H,6,11H2,1H3,(H,21,22)/b19-16-. The molecule has 8 heteroatoms. The molecule has 25 heavy (non-hydrogen) atoms. The maximum Gasteiger partial charge on any atom is 0.352 e. The molecule has 0 spiro atoms. The summed E-state index contributed by atoms with van der Waals surface area (Å²) in [5, 5.41) is 12.7. The van der Waals surface area contributed by atoms with E-state index >= 15 is 0 Å². The molecule has 2 aromatic carbocycles. The zero-order chi connectivity index (χ0) is 18.4. The van der Waals surface area contributed by atoms with Crippen LogP contribution in [0.4, 0.5) is 4.39 Å². The van der Waals surface area contributed by atoms with Crippen molar-refractivity contribution in [3.8, 4) is 0 Å². The van der Waals surface area contributed by atoms with E-state index in [1.165, 1.54) is 36.4 Å². The van der Waals surface area contributed by atoms with Gasteiger partial charge in [0.05, 0.1) is 4.90 Å². The normalized spacial score (nSPS) is 12.0. The number of benzene rings is 2. The first-order chi connectivity index (χ1) is 11.8. The Balaban J connectivity index is 2.09. The van der Waals surface area contributed by atoms with Crippen LogP contribution in [-0.4, -0.2) is 25.2 Å². The van der Waals surface area contributed by atoms with Crippen LogP contribution in [0.15, 0.2) is 58.5 Å². The van der Waals surface area contributed by atoms with E-state index in [0.717, 1.165) is 11.1 Å². The first kappa shape index (κ1) is 18.6. The smallest absolute Gasteiger partial charge is 0.352 e. The Morgan fingerprint density at radius 1 is 1.12 bits per heavy atom. The number of aryl methyl sites for hydroxylation is 2. The van der Waals surface area contributed by atoms with Gasteiger partial charge in [-0.05, 0) is 43.2 Å². The van der Waals surface area contributed by atoms with Gasteiger partial charge >= 0.3 is 5.97 Å². The molecule has 132 valence electrons. The Kier molecular flexibility index (Phi) is 5.87. The van der Waals surface area contributed by atoms with Crippen LogP contribution >= 0.6 is 0 Å². The highest BCUT2D eigenvalue weighted by atomic mass is 32.2. The Bertz CT molecular complexity index is 876. The third-order valence-corrected chi connectivity index (χ3v) is 4.67. The Morgan fingerprint density at radius 2 is 1.72 bits per heavy atom. The summed E-state index contributed by atoms with van der Waals surface area (Å²) < 4.78 is 37.1. The van der Waals surface area contributed by atoms with Crippen molar-refractivity contribution < 1.29 is 22.7 Å². The molecule has 0 amide bonds. The van der Waals surface area contributed by atoms with Crippen LogP contribution < -0.4 is 4.83 Å². The Morgan fingerprint density at radius 3 is 2.28 bits per heavy atom. The number of carboxylic acids is 1. The van der Waals surface area contributed by atoms with E-state index in [1.54, 1.807) is 12.1 Å². The molecule has 0 aliphatic rings. The molecule has 2 N–H and O–H groups in total. The summed E-state index contributed by atoms with van der Waals surface area (Å²) in [7, 11) is -3.94. The van der Waals surface area contributed by atoms with E-state index in [4.69, 9.17) is 0 Å². The molecule has 0 aromatic heterocycles. The molecular formula is C17H17FN2O4S. The number of hydrazone groups is 1. The van der Waals surface area contributed by atoms with Gasteiger partial charge in [0.15, 0.2) is 0 Å². The van der Waals surface area contributed by atoms with Crippen LogP contribution in [0, 0.1) is 12.7 Å². The molecule has 2 rings (SSSR count). The number of hydrogen-bond donors (Lipinski definition) is 2. The predicted octanol–water partition coefficient (Wildman–Crippen LogP) is 2.49. The van der Waals surface area contributed by atoms with Gasteiger partial charge in [-0.15, -0.1) is 0 Å². The van der Waals surface area contributed by atoms with Gasteiger partial charge in [-0.1, -0.05) is 29.8 Å². The second kappa shape index (κ2) is 7.89. The van der Waals surface area contributed by atoms with Gasteiger partial charge in [-0.25, -0.2) is 9.18 Å². The topological polar surface area (TPSA) is 95.8 Å². The van der Waals surface area contributed by atoms with E-state index in [2.05, 4.69) is 5.10 Å². The highest BCUT2D eigenvalue weighted by molar-refractivity contribution is 7.89. The van der Waals surface area contributed by atoms with E-state index in [9.17, 15) is 22.7 Å². The van der Waals surface area contributed by atoms with Gasteiger partial charge in [0.25, 0.3) is 10.0 Å². The lowest BCUT2D eigenvalue weighted by atomic mass is 10.1. The van der Waals surface area contributed by atoms with Gasteiger partial charge in [0, 0.05) is 6.42 Å². The maximum atomic E-state index is 12.9. The van der Waals surface area contributed by atoms with Crippen molar-refractivity contribution >= 4 is 21.7 Å². The van der Waals surface area contributed by atoms with Crippen molar-refractivity contribution in [2.45, 2.75) is 24.7 Å². The van der Waals surface area contributed by atoms with Gasteiger partial charge in [-0.3, -0.25) is 0 Å². The lowest BCUT2D eigenvalue weighted by molar-refractivity contribution is -0.129. The lowest BCUT2D eigenvalue weighted by Gasteiger charge is -2.06. The van der Waals surface area contributed by atoms with Gasteiger partial charge in [0.2, 0.25) is 0 Å². The average molecular weight is 364 g/mol. The molecule has 0 bridgehead atoms. The van der Waals surface area contributed by atoms with Crippen molar-refractivity contribution in [2.75, 3.05) is 0 Å². The Labute approximate surface area is 145 Å². The summed E-state index contributed by atoms with van der Waals surface area (Å²) in [6.07, 6.45) is 0.287. The molecule has 0 aliphatic carbocycles. The zero-order valence-electron chi connectivity index (χ0n) is 13.4. The van der Waals surface area contributed by atoms with Crippen LogP contribution in [0.3, 0.4) is 0 Å². The SMILES string of the molecule is Cc1ccc(S(=O)(=O)N/N=C(/CCc2ccc(F)cc2)C(=O)O)cc1. The summed E-state index contributed by atoms with van der Waals surface area (Å²) in [5.74, 6) is -1.71. The van der Waals surface area contributed by atoms with Crippen LogP contribution in [0.25, 0.3) is 0 Å². The van der Waals surface area contributed by atoms with E-state index < -0.39 is 16.0 Å². The number of nitrogens with one attached hydrogen (secondary N) is 1. The first-order valence-corrected chi connectivity index (χ1v) is 8.89. The number of nitrogens with zero attached hydrogens (tertiary/aromatic N) is 1. The van der Waals surface area contributed by atoms with Gasteiger partial charge in [0.1, 0.15) is 11.5 Å². The number of hydrogen-bond acceptors (Lipinski definition) is 4. The van der Waals surface area contributed by atoms with Crippen LogP contribution in [0.2, 0.25) is 0 Å². The number of halogens is 1. The van der Waals surface area contributed by atoms with Crippen molar-refractivity contribution in [3.05, 3.63) is 65.5 Å². The summed E-state index contributed by atoms with van der Waals surface area (Å²) in [6, 6.07) is 11.7. The molecule has 0 fully saturated rings. The third kappa shape index (κ3) is 5.39. The molecule has 0 atom stereocenters. The van der Waals surface area contributed by atoms with E-state index in [0.29, 0.717) is 0 Å². The van der Waals surface area contributed by atoms with Crippen LogP contribution in [0.5, 0.6) is 0 Å². The average Bonchev–Trinajstić information content (AvgIpc) is 2.56. The molecular weight excluding hydrogens is 347 g/mol. The van der Waals surface area contributed by atoms with Crippen LogP contribution in [-0.2, 0) is 21.2 Å². The van der Waals surface area contributed by atoms with Gasteiger partial charge < -0.3 is 5.11 Å². The zero-order valence-corrected chi connectivity index (χ0v) is 14.3. The van der Waals surface area contributed by atoms with E-state index in [1.807, 2.05) is 11.8 Å². The van der Waals surface area contributed by atoms with Crippen molar-refractivity contribution in [1.82, 2.24) is 4.83 Å². The minimum absolute atomic E-state index is 0.00260. The lowest BCUT2D eigenvalue weighted by Crippen LogP contribution is -2.24. The monoisotopic (exact) mass is 364 g/mol. The summed E-state index contributed by atoms with van der Waals surface area (Å²) >= 11 is 0. The number of rotatable bonds is 7. The number of carboxylic acid groups (broad SMARTS) is 1. The Hall–Kier alpha value is -2.74. The fourth-order valence-electron chi connectivity index (χ4n) is 2.01. The summed E-state index contributed by atoms with van der Waals surface area (Å²) in [5.41, 5.74) is 1.28. The number of aliphatic carboxylic acids is 1. The first-order valence-electron chi connectivity index (χ1n) is 7.41. The van der Waals surface area contributed by atoms with Crippen LogP contribution in [0.1, 0.15) is 17.5 Å². The highest BCUT2D eigenvalue weighted by Gasteiger charge is 2.15. The molecule has 0 saturated carbocycles. The molecule has 0 aliphatic heterocycles. The third-order valence-electron chi connectivity index (χ3n) is 3.44. The van der Waals surface area contributed by atoms with Gasteiger partial charge in [-0.2, -0.15) is 18.4 Å². The minimum atomic E-state index is -3.94. The second-order valence-corrected chi connectivity index (χ2v) is 7.06. The maximum absolute atomic E-state index is 12.9. The second-order valence-electron chi connectivity index (χ2n) is 5.40. The molecule has 0 heterocycles. The molecule has 0 unspecified atom stereocenters. The molecule has 2 aromatic rings. The number of sulfonamides is 1. The minimum Gasteiger partial charge on any atom is -0.477 e. The fraction of sp³-hybridized carbons (Fsp3) is 0.176. The summed E-state index contributed by atoms with van der Waals surface area (Å²) in [6.45, 7) is 1.82. The quantitative estimate of drug-likeness (QED) is 0.583. The molecule has 6 nitrogen and oxygen atoms in total. The van der Waals surface area contributed by atoms with E-state index in [-0.39, 0.29) is 29.3 Å². The molecule has 0 radical (unpaired) electrons. The predicted molar refractivity (Wildman–Crippen MR) is 91.3 cm³/mol. The highest BCUT2D eigenvalue weighted by Crippen LogP contribution is 2.10. The summed E-state index contributed by atoms with van der Waals surface area (Å²) in [4.78, 5) is 13.2. The fourth-order valence-corrected chi connectivity index (χ4v) is 2.84. The van der Waals surface area contributed by atoms with Crippen molar-refractivity contribution in [3.63, 3.8) is 0 Å². The molecule has 0 saturated heterocycles. The largest absolute Gasteiger partial charge is 0.477 e.